The van der Waals surface area contributed by atoms with Crippen molar-refractivity contribution in [2.75, 3.05) is 0 Å². The lowest BCUT2D eigenvalue weighted by Crippen LogP contribution is -2.52. The third-order valence-corrected chi connectivity index (χ3v) is 5.36. The first kappa shape index (κ1) is 21.3. The molecule has 3 rings (SSSR count). The van der Waals surface area contributed by atoms with Crippen LogP contribution in [-0.2, 0) is 11.2 Å². The Morgan fingerprint density at radius 1 is 1.10 bits per heavy atom. The monoisotopic (exact) mass is 396 g/mol. The van der Waals surface area contributed by atoms with Crippen molar-refractivity contribution in [3.8, 4) is 0 Å². The normalized spacial score (nSPS) is 21.6. The summed E-state index contributed by atoms with van der Waals surface area (Å²) in [6.07, 6.45) is 0.763. The lowest BCUT2D eigenvalue weighted by atomic mass is 9.96. The van der Waals surface area contributed by atoms with Gasteiger partial charge in [0.2, 0.25) is 0 Å². The summed E-state index contributed by atoms with van der Waals surface area (Å²) >= 11 is 0. The molecule has 4 atom stereocenters. The largest absolute Gasteiger partial charge is 0.444 e. The number of aliphatic hydroxyl groups excluding tert-OH is 1. The fourth-order valence-electron chi connectivity index (χ4n) is 4.05. The number of hydrogen-bond donors (Lipinski definition) is 2. The van der Waals surface area contributed by atoms with Crippen LogP contribution in [0.1, 0.15) is 50.8 Å². The first-order chi connectivity index (χ1) is 13.8. The Morgan fingerprint density at radius 3 is 2.28 bits per heavy atom. The minimum absolute atomic E-state index is 0.130. The molecule has 0 spiro atoms. The van der Waals surface area contributed by atoms with E-state index in [1.54, 1.807) is 4.90 Å². The molecule has 1 amide bonds. The molecule has 29 heavy (non-hydrogen) atoms. The van der Waals surface area contributed by atoms with Gasteiger partial charge in [0, 0.05) is 6.04 Å². The van der Waals surface area contributed by atoms with Crippen LogP contribution in [0, 0.1) is 0 Å². The topological polar surface area (TPSA) is 75.8 Å². The minimum atomic E-state index is -0.837. The first-order valence-corrected chi connectivity index (χ1v) is 10.3. The van der Waals surface area contributed by atoms with Crippen LogP contribution in [0.2, 0.25) is 0 Å². The van der Waals surface area contributed by atoms with Gasteiger partial charge in [0.25, 0.3) is 0 Å². The van der Waals surface area contributed by atoms with Gasteiger partial charge >= 0.3 is 6.09 Å². The number of ether oxygens (including phenoxy) is 1. The van der Waals surface area contributed by atoms with Gasteiger partial charge in [0.05, 0.1) is 18.2 Å². The molecule has 3 N–H and O–H groups in total. The Kier molecular flexibility index (Phi) is 6.60. The number of amides is 1. The molecule has 1 heterocycles. The fourth-order valence-corrected chi connectivity index (χ4v) is 4.05. The van der Waals surface area contributed by atoms with E-state index in [1.165, 1.54) is 0 Å². The number of rotatable bonds is 5. The Bertz CT molecular complexity index is 789. The molecule has 5 heteroatoms. The highest BCUT2D eigenvalue weighted by Crippen LogP contribution is 2.39. The molecule has 156 valence electrons. The van der Waals surface area contributed by atoms with Gasteiger partial charge in [-0.15, -0.1) is 0 Å². The Hall–Kier alpha value is -2.37. The average molecular weight is 397 g/mol. The SMILES string of the molecule is CC(C)(C)OC(=O)N1[C@@H]([C@@H](O)[C@@H](N)Cc2ccccc2)CC[C@H]1c1ccccc1. The molecule has 0 saturated carbocycles. The highest BCUT2D eigenvalue weighted by Gasteiger charge is 2.44. The lowest BCUT2D eigenvalue weighted by molar-refractivity contribution is -0.00885. The minimum Gasteiger partial charge on any atom is -0.444 e. The van der Waals surface area contributed by atoms with Gasteiger partial charge < -0.3 is 15.6 Å². The van der Waals surface area contributed by atoms with Crippen LogP contribution in [0.15, 0.2) is 60.7 Å². The highest BCUT2D eigenvalue weighted by molar-refractivity contribution is 5.70. The van der Waals surface area contributed by atoms with E-state index in [1.807, 2.05) is 81.4 Å². The van der Waals surface area contributed by atoms with Gasteiger partial charge in [-0.1, -0.05) is 60.7 Å². The van der Waals surface area contributed by atoms with E-state index in [-0.39, 0.29) is 12.1 Å². The quantitative estimate of drug-likeness (QED) is 0.799. The van der Waals surface area contributed by atoms with Crippen LogP contribution in [0.3, 0.4) is 0 Å². The van der Waals surface area contributed by atoms with Crippen LogP contribution < -0.4 is 5.73 Å². The fraction of sp³-hybridized carbons (Fsp3) is 0.458. The summed E-state index contributed by atoms with van der Waals surface area (Å²) in [5, 5.41) is 11.1. The molecule has 1 aliphatic heterocycles. The van der Waals surface area contributed by atoms with Crippen molar-refractivity contribution in [1.29, 1.82) is 0 Å². The molecule has 1 saturated heterocycles. The predicted octanol–water partition coefficient (Wildman–Crippen LogP) is 4.06. The summed E-state index contributed by atoms with van der Waals surface area (Å²) in [5.41, 5.74) is 7.88. The van der Waals surface area contributed by atoms with Crippen molar-refractivity contribution < 1.29 is 14.6 Å². The first-order valence-electron chi connectivity index (χ1n) is 10.3. The summed E-state index contributed by atoms with van der Waals surface area (Å²) in [4.78, 5) is 14.8. The predicted molar refractivity (Wildman–Crippen MR) is 114 cm³/mol. The van der Waals surface area contributed by atoms with Gasteiger partial charge in [-0.25, -0.2) is 4.79 Å². The van der Waals surface area contributed by atoms with Gasteiger partial charge in [0.15, 0.2) is 0 Å². The molecule has 2 aromatic carbocycles. The molecule has 0 aromatic heterocycles. The van der Waals surface area contributed by atoms with E-state index < -0.39 is 23.8 Å². The maximum Gasteiger partial charge on any atom is 0.411 e. The molecule has 1 aliphatic rings. The van der Waals surface area contributed by atoms with Crippen molar-refractivity contribution in [3.63, 3.8) is 0 Å². The molecule has 1 fully saturated rings. The van der Waals surface area contributed by atoms with Gasteiger partial charge in [-0.2, -0.15) is 0 Å². The lowest BCUT2D eigenvalue weighted by Gasteiger charge is -2.36. The number of likely N-dealkylation sites (tertiary alicyclic amines) is 1. The van der Waals surface area contributed by atoms with Crippen molar-refractivity contribution in [2.45, 2.75) is 69.9 Å². The molecule has 0 bridgehead atoms. The molecule has 5 nitrogen and oxygen atoms in total. The Balaban J connectivity index is 1.82. The maximum absolute atomic E-state index is 13.1. The average Bonchev–Trinajstić information content (AvgIpc) is 3.13. The van der Waals surface area contributed by atoms with Crippen molar-refractivity contribution in [2.24, 2.45) is 5.73 Å². The van der Waals surface area contributed by atoms with Gasteiger partial charge in [-0.3, -0.25) is 4.90 Å². The second kappa shape index (κ2) is 8.97. The number of aliphatic hydroxyl groups is 1. The number of nitrogens with two attached hydrogens (primary N) is 1. The molecular weight excluding hydrogens is 364 g/mol. The zero-order chi connectivity index (χ0) is 21.0. The van der Waals surface area contributed by atoms with Crippen LogP contribution in [-0.4, -0.2) is 39.9 Å². The second-order valence-electron chi connectivity index (χ2n) is 8.80. The number of nitrogens with zero attached hydrogens (tertiary/aromatic N) is 1. The summed E-state index contributed by atoms with van der Waals surface area (Å²) in [7, 11) is 0. The van der Waals surface area contributed by atoms with Gasteiger partial charge in [0.1, 0.15) is 5.60 Å². The van der Waals surface area contributed by atoms with Crippen LogP contribution in [0.4, 0.5) is 4.79 Å². The Labute approximate surface area is 173 Å². The summed E-state index contributed by atoms with van der Waals surface area (Å²) in [6.45, 7) is 5.56. The third kappa shape index (κ3) is 5.37. The van der Waals surface area contributed by atoms with Crippen molar-refractivity contribution >= 4 is 6.09 Å². The van der Waals surface area contributed by atoms with Crippen LogP contribution in [0.25, 0.3) is 0 Å². The second-order valence-corrected chi connectivity index (χ2v) is 8.80. The molecular formula is C24H32N2O3. The number of carbonyl (C=O) groups is 1. The van der Waals surface area contributed by atoms with E-state index in [4.69, 9.17) is 10.5 Å². The number of hydrogen-bond acceptors (Lipinski definition) is 4. The zero-order valence-corrected chi connectivity index (χ0v) is 17.5. The molecule has 0 radical (unpaired) electrons. The Morgan fingerprint density at radius 2 is 1.69 bits per heavy atom. The summed E-state index contributed by atoms with van der Waals surface area (Å²) < 4.78 is 5.69. The molecule has 0 aliphatic carbocycles. The summed E-state index contributed by atoms with van der Waals surface area (Å²) in [6, 6.07) is 18.8. The summed E-state index contributed by atoms with van der Waals surface area (Å²) in [5.74, 6) is 0. The number of carbonyl (C=O) groups excluding carboxylic acids is 1. The van der Waals surface area contributed by atoms with Crippen molar-refractivity contribution in [1.82, 2.24) is 4.90 Å². The number of benzene rings is 2. The standard InChI is InChI=1S/C24H32N2O3/c1-24(2,3)29-23(28)26-20(18-12-8-5-9-13-18)14-15-21(26)22(27)19(25)16-17-10-6-4-7-11-17/h4-13,19-22,27H,14-16,25H2,1-3H3/t19-,20-,21+,22-/m0/s1. The highest BCUT2D eigenvalue weighted by atomic mass is 16.6. The molecule has 0 unspecified atom stereocenters. The van der Waals surface area contributed by atoms with E-state index in [0.29, 0.717) is 12.8 Å². The van der Waals surface area contributed by atoms with Crippen LogP contribution >= 0.6 is 0 Å². The van der Waals surface area contributed by atoms with Crippen LogP contribution in [0.5, 0.6) is 0 Å². The van der Waals surface area contributed by atoms with Crippen molar-refractivity contribution in [3.05, 3.63) is 71.8 Å². The van der Waals surface area contributed by atoms with E-state index >= 15 is 0 Å². The van der Waals surface area contributed by atoms with E-state index in [0.717, 1.165) is 17.5 Å². The zero-order valence-electron chi connectivity index (χ0n) is 17.5. The third-order valence-electron chi connectivity index (χ3n) is 5.36. The smallest absolute Gasteiger partial charge is 0.411 e. The van der Waals surface area contributed by atoms with E-state index in [9.17, 15) is 9.90 Å². The maximum atomic E-state index is 13.1. The van der Waals surface area contributed by atoms with E-state index in [2.05, 4.69) is 0 Å². The molecule has 2 aromatic rings. The van der Waals surface area contributed by atoms with Gasteiger partial charge in [-0.05, 0) is 51.2 Å².